The smallest absolute Gasteiger partial charge is 0.143 e. The lowest BCUT2D eigenvalue weighted by molar-refractivity contribution is 0.403. The summed E-state index contributed by atoms with van der Waals surface area (Å²) in [5, 5.41) is 4.21. The molecule has 116 valence electrons. The molecule has 0 radical (unpaired) electrons. The number of hydrogen-bond donors (Lipinski definition) is 1. The van der Waals surface area contributed by atoms with E-state index in [4.69, 9.17) is 21.1 Å². The van der Waals surface area contributed by atoms with E-state index in [2.05, 4.69) is 10.2 Å². The van der Waals surface area contributed by atoms with Gasteiger partial charge >= 0.3 is 0 Å². The molecule has 1 N–H and O–H groups in total. The van der Waals surface area contributed by atoms with Crippen molar-refractivity contribution in [2.45, 2.75) is 25.3 Å². The van der Waals surface area contributed by atoms with Gasteiger partial charge in [-0.05, 0) is 31.7 Å². The third kappa shape index (κ3) is 3.38. The first-order valence-corrected chi connectivity index (χ1v) is 7.99. The Morgan fingerprint density at radius 3 is 2.62 bits per heavy atom. The van der Waals surface area contributed by atoms with Crippen LogP contribution in [0, 0.1) is 5.92 Å². The van der Waals surface area contributed by atoms with Crippen molar-refractivity contribution in [1.29, 1.82) is 0 Å². The summed E-state index contributed by atoms with van der Waals surface area (Å²) < 4.78 is 10.8. The lowest BCUT2D eigenvalue weighted by atomic mass is 10.1. The quantitative estimate of drug-likeness (QED) is 0.876. The zero-order valence-electron chi connectivity index (χ0n) is 12.7. The highest BCUT2D eigenvalue weighted by Crippen LogP contribution is 2.39. The van der Waals surface area contributed by atoms with Crippen LogP contribution in [0.4, 0.5) is 5.69 Å². The van der Waals surface area contributed by atoms with Crippen LogP contribution in [0.3, 0.4) is 0 Å². The van der Waals surface area contributed by atoms with Gasteiger partial charge in [-0.25, -0.2) is 0 Å². The average molecular weight is 311 g/mol. The Balaban J connectivity index is 1.70. The standard InChI is InChI=1S/C16H23ClN2O2/c1-20-15-8-14(16(21-2)7-13(15)17)19-6-5-11(10-19)9-18-12-3-4-12/h7-8,11-12,18H,3-6,9-10H2,1-2H3. The molecule has 3 rings (SSSR count). The van der Waals surface area contributed by atoms with E-state index >= 15 is 0 Å². The predicted molar refractivity (Wildman–Crippen MR) is 85.9 cm³/mol. The van der Waals surface area contributed by atoms with Gasteiger partial charge in [-0.3, -0.25) is 0 Å². The van der Waals surface area contributed by atoms with Crippen molar-refractivity contribution in [1.82, 2.24) is 5.32 Å². The lowest BCUT2D eigenvalue weighted by Gasteiger charge is -2.22. The minimum absolute atomic E-state index is 0.587. The van der Waals surface area contributed by atoms with E-state index < -0.39 is 0 Å². The Kier molecular flexibility index (Phi) is 4.45. The number of anilines is 1. The molecule has 2 aliphatic rings. The van der Waals surface area contributed by atoms with Gasteiger partial charge in [0, 0.05) is 31.3 Å². The second-order valence-corrected chi connectivity index (χ2v) is 6.35. The van der Waals surface area contributed by atoms with Crippen LogP contribution in [-0.2, 0) is 0 Å². The largest absolute Gasteiger partial charge is 0.495 e. The molecule has 0 aromatic heterocycles. The van der Waals surface area contributed by atoms with Gasteiger partial charge in [-0.2, -0.15) is 0 Å². The van der Waals surface area contributed by atoms with Crippen LogP contribution in [-0.4, -0.2) is 39.9 Å². The minimum Gasteiger partial charge on any atom is -0.495 e. The topological polar surface area (TPSA) is 33.7 Å². The highest BCUT2D eigenvalue weighted by Gasteiger charge is 2.28. The maximum Gasteiger partial charge on any atom is 0.143 e. The van der Waals surface area contributed by atoms with Crippen molar-refractivity contribution in [2.24, 2.45) is 5.92 Å². The SMILES string of the molecule is COc1cc(N2CCC(CNC3CC3)C2)c(OC)cc1Cl. The highest BCUT2D eigenvalue weighted by molar-refractivity contribution is 6.32. The molecule has 1 unspecified atom stereocenters. The number of benzene rings is 1. The molecular formula is C16H23ClN2O2. The van der Waals surface area contributed by atoms with Crippen LogP contribution < -0.4 is 19.7 Å². The number of hydrogen-bond acceptors (Lipinski definition) is 4. The van der Waals surface area contributed by atoms with Crippen LogP contribution in [0.5, 0.6) is 11.5 Å². The highest BCUT2D eigenvalue weighted by atomic mass is 35.5. The van der Waals surface area contributed by atoms with Gasteiger partial charge in [0.15, 0.2) is 0 Å². The van der Waals surface area contributed by atoms with Crippen molar-refractivity contribution in [3.05, 3.63) is 17.2 Å². The molecule has 1 aromatic rings. The fourth-order valence-electron chi connectivity index (χ4n) is 2.93. The molecular weight excluding hydrogens is 288 g/mol. The number of nitrogens with zero attached hydrogens (tertiary/aromatic N) is 1. The molecule has 0 spiro atoms. The molecule has 1 saturated carbocycles. The van der Waals surface area contributed by atoms with E-state index in [9.17, 15) is 0 Å². The fourth-order valence-corrected chi connectivity index (χ4v) is 3.16. The summed E-state index contributed by atoms with van der Waals surface area (Å²) in [6.07, 6.45) is 3.91. The van der Waals surface area contributed by atoms with E-state index in [1.165, 1.54) is 19.3 Å². The van der Waals surface area contributed by atoms with Crippen molar-refractivity contribution in [3.8, 4) is 11.5 Å². The van der Waals surface area contributed by atoms with Gasteiger partial charge in [0.1, 0.15) is 11.5 Å². The number of ether oxygens (including phenoxy) is 2. The maximum atomic E-state index is 6.17. The van der Waals surface area contributed by atoms with Crippen molar-refractivity contribution in [3.63, 3.8) is 0 Å². The van der Waals surface area contributed by atoms with E-state index in [0.29, 0.717) is 16.7 Å². The summed E-state index contributed by atoms with van der Waals surface area (Å²) >= 11 is 6.17. The van der Waals surface area contributed by atoms with Crippen LogP contribution in [0.2, 0.25) is 5.02 Å². The lowest BCUT2D eigenvalue weighted by Crippen LogP contribution is -2.27. The number of nitrogens with one attached hydrogen (secondary N) is 1. The van der Waals surface area contributed by atoms with Crippen LogP contribution in [0.1, 0.15) is 19.3 Å². The summed E-state index contributed by atoms with van der Waals surface area (Å²) in [4.78, 5) is 2.37. The molecule has 4 nitrogen and oxygen atoms in total. The summed E-state index contributed by atoms with van der Waals surface area (Å²) in [6, 6.07) is 4.60. The van der Waals surface area contributed by atoms with E-state index in [1.54, 1.807) is 14.2 Å². The molecule has 1 heterocycles. The van der Waals surface area contributed by atoms with Crippen LogP contribution >= 0.6 is 11.6 Å². The zero-order valence-corrected chi connectivity index (χ0v) is 13.4. The van der Waals surface area contributed by atoms with Gasteiger partial charge in [0.2, 0.25) is 0 Å². The molecule has 1 aromatic carbocycles. The molecule has 5 heteroatoms. The Morgan fingerprint density at radius 1 is 1.19 bits per heavy atom. The Morgan fingerprint density at radius 2 is 1.95 bits per heavy atom. The Bertz CT molecular complexity index is 505. The number of rotatable bonds is 6. The minimum atomic E-state index is 0.587. The van der Waals surface area contributed by atoms with Gasteiger partial charge in [-0.1, -0.05) is 11.6 Å². The second kappa shape index (κ2) is 6.32. The summed E-state index contributed by atoms with van der Waals surface area (Å²) in [7, 11) is 3.33. The molecule has 1 aliphatic heterocycles. The van der Waals surface area contributed by atoms with E-state index in [1.807, 2.05) is 12.1 Å². The monoisotopic (exact) mass is 310 g/mol. The van der Waals surface area contributed by atoms with Crippen molar-refractivity contribution < 1.29 is 9.47 Å². The second-order valence-electron chi connectivity index (χ2n) is 5.94. The molecule has 1 atom stereocenters. The molecule has 21 heavy (non-hydrogen) atoms. The van der Waals surface area contributed by atoms with Gasteiger partial charge in [0.25, 0.3) is 0 Å². The third-order valence-electron chi connectivity index (χ3n) is 4.35. The first-order chi connectivity index (χ1) is 10.2. The number of halogens is 1. The zero-order chi connectivity index (χ0) is 14.8. The normalized spacial score (nSPS) is 21.7. The van der Waals surface area contributed by atoms with Gasteiger partial charge in [0.05, 0.1) is 24.9 Å². The Hall–Kier alpha value is -1.13. The Labute approximate surface area is 131 Å². The predicted octanol–water partition coefficient (Wildman–Crippen LogP) is 2.94. The van der Waals surface area contributed by atoms with Crippen molar-refractivity contribution in [2.75, 3.05) is 38.8 Å². The summed E-state index contributed by atoms with van der Waals surface area (Å²) in [5.74, 6) is 2.22. The first-order valence-electron chi connectivity index (χ1n) is 7.61. The molecule has 0 bridgehead atoms. The fraction of sp³-hybridized carbons (Fsp3) is 0.625. The number of methoxy groups -OCH3 is 2. The van der Waals surface area contributed by atoms with E-state index in [-0.39, 0.29) is 0 Å². The molecule has 1 saturated heterocycles. The molecule has 2 fully saturated rings. The van der Waals surface area contributed by atoms with E-state index in [0.717, 1.165) is 37.1 Å². The van der Waals surface area contributed by atoms with Gasteiger partial charge in [-0.15, -0.1) is 0 Å². The van der Waals surface area contributed by atoms with Crippen LogP contribution in [0.25, 0.3) is 0 Å². The third-order valence-corrected chi connectivity index (χ3v) is 4.65. The molecule has 1 aliphatic carbocycles. The average Bonchev–Trinajstić information content (AvgIpc) is 3.22. The van der Waals surface area contributed by atoms with Crippen molar-refractivity contribution >= 4 is 17.3 Å². The maximum absolute atomic E-state index is 6.17. The summed E-state index contributed by atoms with van der Waals surface area (Å²) in [5.41, 5.74) is 1.08. The molecule has 0 amide bonds. The van der Waals surface area contributed by atoms with Gasteiger partial charge < -0.3 is 19.7 Å². The summed E-state index contributed by atoms with van der Waals surface area (Å²) in [6.45, 7) is 3.23. The van der Waals surface area contributed by atoms with Crippen LogP contribution in [0.15, 0.2) is 12.1 Å². The first kappa shape index (κ1) is 14.8.